The molecule has 27 heteroatoms. The Hall–Kier alpha value is -6.21. The minimum atomic E-state index is -1.41. The molecule has 4 aromatic rings. The number of hydrogen-bond acceptors (Lipinski definition) is 20. The number of carbonyl (C=O) groups excluding carboxylic acids is 4. The van der Waals surface area contributed by atoms with Crippen molar-refractivity contribution in [2.24, 2.45) is 11.8 Å². The smallest absolute Gasteiger partial charge is 0.410 e. The Morgan fingerprint density at radius 2 is 1.08 bits per heavy atom. The number of nitrogen functional groups attached to an aromatic ring is 2. The summed E-state index contributed by atoms with van der Waals surface area (Å²) in [5.74, 6) is 9.37. The van der Waals surface area contributed by atoms with Crippen molar-refractivity contribution in [2.45, 2.75) is 176 Å². The fraction of sp³-hybridized carbons (Fsp3) is 0.654. The second-order valence-electron chi connectivity index (χ2n) is 21.5. The number of aromatic nitrogens is 8. The van der Waals surface area contributed by atoms with E-state index in [1.807, 2.05) is 27.5 Å². The van der Waals surface area contributed by atoms with Crippen LogP contribution in [0.3, 0.4) is 0 Å². The first-order valence-corrected chi connectivity index (χ1v) is 28.3. The highest BCUT2D eigenvalue weighted by molar-refractivity contribution is 14.1. The summed E-state index contributed by atoms with van der Waals surface area (Å²) in [5, 5.41) is 47.2. The Balaban J connectivity index is 0.000000149. The molecule has 8 atom stereocenters. The van der Waals surface area contributed by atoms with Gasteiger partial charge in [0.15, 0.2) is 51.4 Å². The number of aliphatic hydroxyl groups is 4. The minimum Gasteiger partial charge on any atom is -0.446 e. The van der Waals surface area contributed by atoms with Gasteiger partial charge in [-0.15, -0.1) is 12.3 Å². The summed E-state index contributed by atoms with van der Waals surface area (Å²) in [6.07, 6.45) is 13.3. The third-order valence-electron chi connectivity index (χ3n) is 15.6. The van der Waals surface area contributed by atoms with Gasteiger partial charge in [0.2, 0.25) is 5.82 Å². The maximum atomic E-state index is 12.5. The maximum absolute atomic E-state index is 12.5. The molecule has 0 bridgehead atoms. The molecule has 8 aliphatic rings. The van der Waals surface area contributed by atoms with E-state index < -0.39 is 60.9 Å². The molecule has 4 aromatic heterocycles. The van der Waals surface area contributed by atoms with Gasteiger partial charge in [-0.2, -0.15) is 0 Å². The third-order valence-corrected chi connectivity index (χ3v) is 16.1. The van der Waals surface area contributed by atoms with Gasteiger partial charge in [0, 0.05) is 73.7 Å². The van der Waals surface area contributed by atoms with Gasteiger partial charge in [0.25, 0.3) is 11.8 Å². The number of hydrogen-bond donors (Lipinski definition) is 8. The normalized spacial score (nSPS) is 27.2. The zero-order chi connectivity index (χ0) is 55.5. The van der Waals surface area contributed by atoms with Gasteiger partial charge < -0.3 is 71.3 Å². The van der Waals surface area contributed by atoms with E-state index in [0.717, 1.165) is 103 Å². The number of fused-ring (bicyclic) bond motifs is 2. The monoisotopic (exact) mass is 1210 g/mol. The van der Waals surface area contributed by atoms with Crippen LogP contribution in [-0.2, 0) is 28.5 Å². The number of halogens is 1. The number of nitrogens with two attached hydrogens (primary N) is 2. The van der Waals surface area contributed by atoms with Crippen molar-refractivity contribution in [1.82, 2.24) is 59.5 Å². The Labute approximate surface area is 468 Å². The average Bonchev–Trinajstić information content (AvgIpc) is 4.47. The van der Waals surface area contributed by atoms with Crippen LogP contribution in [0.1, 0.15) is 121 Å². The van der Waals surface area contributed by atoms with Crippen LogP contribution in [0.25, 0.3) is 22.3 Å². The average molecular weight is 1210 g/mol. The summed E-state index contributed by atoms with van der Waals surface area (Å²) in [4.78, 5) is 77.6. The lowest BCUT2D eigenvalue weighted by atomic mass is 9.94. The third kappa shape index (κ3) is 13.2. The highest BCUT2D eigenvalue weighted by Gasteiger charge is 2.50. The summed E-state index contributed by atoms with van der Waals surface area (Å²) in [7, 11) is 0. The van der Waals surface area contributed by atoms with Crippen molar-refractivity contribution in [2.75, 3.05) is 37.6 Å². The van der Waals surface area contributed by atoms with Crippen LogP contribution in [0.2, 0.25) is 0 Å². The lowest BCUT2D eigenvalue weighted by Gasteiger charge is -2.33. The standard InChI is InChI=1S/C26H33N7O6.C13H15IN6O4.C13H19NO2/c27-22-18-23(33(13-28-18)25-20(35)19(34)21(39-25)24(36)29-15-7-8-15)31-17(30-22)6-1-3-14-9-11-32(12-10-14)26(37)38-16-4-2-5-16;14-13-18-9(15)5-10(19-13)20(3-16-5)12-7(22)6(21)8(24-12)11(23)17-4-1-2-4;1-2-4-11-7-9-14(10-8-11)13(15)16-12-5-3-6-12/h13-16,19-21,25,34-35H,2-5,7-12H2,(H,29,36)(H2,27,30,31);3-4,6-8,12,21-22H,1-2H2,(H,17,23)(H2,15,18,19);1,11-12H,3-10H2. The second-order valence-corrected chi connectivity index (χ2v) is 22.5. The predicted octanol–water partition coefficient (Wildman–Crippen LogP) is 1.77. The lowest BCUT2D eigenvalue weighted by Crippen LogP contribution is -2.43. The zero-order valence-electron chi connectivity index (χ0n) is 43.5. The summed E-state index contributed by atoms with van der Waals surface area (Å²) < 4.78 is 25.5. The molecule has 26 nitrogen and oxygen atoms in total. The molecule has 4 aliphatic carbocycles. The van der Waals surface area contributed by atoms with E-state index in [0.29, 0.717) is 51.9 Å². The van der Waals surface area contributed by atoms with Crippen molar-refractivity contribution in [3.63, 3.8) is 0 Å². The number of aliphatic hydroxyl groups excluding tert-OH is 4. The first-order chi connectivity index (χ1) is 38.1. The molecule has 0 radical (unpaired) electrons. The van der Waals surface area contributed by atoms with Crippen molar-refractivity contribution in [1.29, 1.82) is 0 Å². The summed E-state index contributed by atoms with van der Waals surface area (Å²) in [6.45, 7) is 2.92. The Morgan fingerprint density at radius 3 is 1.51 bits per heavy atom. The Bertz CT molecular complexity index is 2970. The van der Waals surface area contributed by atoms with Gasteiger partial charge in [-0.05, 0) is 108 Å². The topological polar surface area (TPSA) is 356 Å². The number of piperidine rings is 2. The largest absolute Gasteiger partial charge is 0.446 e. The lowest BCUT2D eigenvalue weighted by molar-refractivity contribution is -0.138. The van der Waals surface area contributed by atoms with E-state index in [2.05, 4.69) is 58.3 Å². The number of amides is 4. The van der Waals surface area contributed by atoms with Crippen molar-refractivity contribution >= 4 is 80.6 Å². The zero-order valence-corrected chi connectivity index (χ0v) is 45.7. The number of nitrogens with zero attached hydrogens (tertiary/aromatic N) is 10. The van der Waals surface area contributed by atoms with Gasteiger partial charge >= 0.3 is 12.2 Å². The van der Waals surface area contributed by atoms with Crippen LogP contribution in [0.4, 0.5) is 21.2 Å². The number of ether oxygens (including phenoxy) is 4. The molecule has 424 valence electrons. The molecule has 10 N–H and O–H groups in total. The molecule has 79 heavy (non-hydrogen) atoms. The molecule has 4 saturated carbocycles. The second kappa shape index (κ2) is 24.7. The van der Waals surface area contributed by atoms with Crippen LogP contribution in [0, 0.1) is 39.9 Å². The molecule has 4 saturated heterocycles. The van der Waals surface area contributed by atoms with E-state index in [-0.39, 0.29) is 59.6 Å². The SMILES string of the molecule is C#CCC1CCN(C(=O)OC2CCC2)CC1.Nc1nc(C#CCC2CCN(C(=O)OC3CCC3)CC2)nc2c1ncn2C1OC(C(=O)NC2CC2)C(O)C1O.Nc1nc(I)nc2c1ncn2C1OC(C(=O)NC2CC2)C(O)C1O. The number of imidazole rings is 2. The molecule has 0 spiro atoms. The van der Waals surface area contributed by atoms with E-state index in [1.54, 1.807) is 4.90 Å². The summed E-state index contributed by atoms with van der Waals surface area (Å²) in [5.41, 5.74) is 13.3. The van der Waals surface area contributed by atoms with Crippen LogP contribution in [0.5, 0.6) is 0 Å². The highest BCUT2D eigenvalue weighted by Crippen LogP contribution is 2.35. The molecule has 4 aliphatic heterocycles. The minimum absolute atomic E-state index is 0.0870. The molecule has 8 heterocycles. The van der Waals surface area contributed by atoms with Gasteiger partial charge in [0.1, 0.15) is 47.7 Å². The number of likely N-dealkylation sites (tertiary alicyclic amines) is 2. The van der Waals surface area contributed by atoms with E-state index in [9.17, 15) is 39.6 Å². The van der Waals surface area contributed by atoms with E-state index in [4.69, 9.17) is 36.8 Å². The van der Waals surface area contributed by atoms with E-state index >= 15 is 0 Å². The number of terminal acetylenes is 1. The van der Waals surface area contributed by atoms with Gasteiger partial charge in [0.05, 0.1) is 12.7 Å². The Morgan fingerprint density at radius 1 is 0.633 bits per heavy atom. The first kappa shape index (κ1) is 56.1. The number of rotatable bonds is 10. The van der Waals surface area contributed by atoms with Gasteiger partial charge in [-0.25, -0.2) is 39.5 Å². The summed E-state index contributed by atoms with van der Waals surface area (Å²) in [6, 6.07) is 0.223. The number of nitrogens with one attached hydrogen (secondary N) is 2. The van der Waals surface area contributed by atoms with Gasteiger partial charge in [-0.1, -0.05) is 5.92 Å². The Kier molecular flexibility index (Phi) is 17.5. The maximum Gasteiger partial charge on any atom is 0.410 e. The quantitative estimate of drug-likeness (QED) is 0.0637. The predicted molar refractivity (Wildman–Crippen MR) is 288 cm³/mol. The first-order valence-electron chi connectivity index (χ1n) is 27.2. The van der Waals surface area contributed by atoms with Crippen LogP contribution < -0.4 is 22.1 Å². The van der Waals surface area contributed by atoms with Crippen molar-refractivity contribution in [3.05, 3.63) is 22.3 Å². The fourth-order valence-corrected chi connectivity index (χ4v) is 10.5. The van der Waals surface area contributed by atoms with E-state index in [1.165, 1.54) is 28.2 Å². The number of carbonyl (C=O) groups is 4. The number of anilines is 2. The molecular weight excluding hydrogens is 1140 g/mol. The fourth-order valence-electron chi connectivity index (χ4n) is 10.0. The molecular formula is C52H67IN14O12. The molecule has 8 fully saturated rings. The molecule has 0 aromatic carbocycles. The van der Waals surface area contributed by atoms with Crippen molar-refractivity contribution < 1.29 is 58.6 Å². The van der Waals surface area contributed by atoms with Gasteiger partial charge in [-0.3, -0.25) is 18.7 Å². The highest BCUT2D eigenvalue weighted by atomic mass is 127. The summed E-state index contributed by atoms with van der Waals surface area (Å²) >= 11 is 1.91. The van der Waals surface area contributed by atoms with Crippen molar-refractivity contribution in [3.8, 4) is 24.2 Å². The molecule has 8 unspecified atom stereocenters. The van der Waals surface area contributed by atoms with Crippen LogP contribution in [-0.4, -0.2) is 180 Å². The molecule has 12 rings (SSSR count). The van der Waals surface area contributed by atoms with Crippen LogP contribution in [0.15, 0.2) is 12.7 Å². The van der Waals surface area contributed by atoms with Crippen LogP contribution >= 0.6 is 22.6 Å². The molecule has 4 amide bonds.